The van der Waals surface area contributed by atoms with E-state index in [4.69, 9.17) is 56.9 Å². The van der Waals surface area contributed by atoms with Gasteiger partial charge < -0.3 is 10.5 Å². The van der Waals surface area contributed by atoms with Gasteiger partial charge in [-0.15, -0.1) is 0 Å². The fourth-order valence-corrected chi connectivity index (χ4v) is 2.81. The van der Waals surface area contributed by atoms with Gasteiger partial charge in [0.2, 0.25) is 0 Å². The highest BCUT2D eigenvalue weighted by atomic mass is 35.5. The largest absolute Gasteiger partial charge is 0.487 e. The van der Waals surface area contributed by atoms with Crippen molar-refractivity contribution in [1.29, 1.82) is 0 Å². The SMILES string of the molecule is NCCc1cc(Cl)cc(Cl)c1OCc1ccc(Cl)c(Cl)c1. The number of hydrogen-bond donors (Lipinski definition) is 1. The Morgan fingerprint density at radius 1 is 0.905 bits per heavy atom. The van der Waals surface area contributed by atoms with Crippen LogP contribution in [0.3, 0.4) is 0 Å². The molecule has 2 N–H and O–H groups in total. The molecule has 2 rings (SSSR count). The molecular weight excluding hydrogens is 352 g/mol. The standard InChI is InChI=1S/C15H13Cl4NO/c16-11-6-10(3-4-20)15(14(19)7-11)21-8-9-1-2-12(17)13(18)5-9/h1-2,5-7H,3-4,8,20H2. The maximum Gasteiger partial charge on any atom is 0.141 e. The molecular formula is C15H13Cl4NO. The van der Waals surface area contributed by atoms with Gasteiger partial charge in [-0.25, -0.2) is 0 Å². The van der Waals surface area contributed by atoms with Crippen LogP contribution in [0.5, 0.6) is 5.75 Å². The van der Waals surface area contributed by atoms with Crippen molar-refractivity contribution in [3.63, 3.8) is 0 Å². The van der Waals surface area contributed by atoms with E-state index in [9.17, 15) is 0 Å². The van der Waals surface area contributed by atoms with Crippen molar-refractivity contribution in [3.8, 4) is 5.75 Å². The van der Waals surface area contributed by atoms with Gasteiger partial charge in [-0.05, 0) is 48.4 Å². The molecule has 0 bridgehead atoms. The summed E-state index contributed by atoms with van der Waals surface area (Å²) in [5.41, 5.74) is 7.38. The summed E-state index contributed by atoms with van der Waals surface area (Å²) in [6, 6.07) is 8.79. The van der Waals surface area contributed by atoms with Gasteiger partial charge in [0.05, 0.1) is 15.1 Å². The summed E-state index contributed by atoms with van der Waals surface area (Å²) in [4.78, 5) is 0. The fraction of sp³-hybridized carbons (Fsp3) is 0.200. The molecule has 0 saturated heterocycles. The van der Waals surface area contributed by atoms with Gasteiger partial charge in [0.1, 0.15) is 12.4 Å². The maximum absolute atomic E-state index is 6.20. The molecule has 0 unspecified atom stereocenters. The van der Waals surface area contributed by atoms with E-state index >= 15 is 0 Å². The van der Waals surface area contributed by atoms with Crippen molar-refractivity contribution in [2.45, 2.75) is 13.0 Å². The minimum atomic E-state index is 0.329. The molecule has 0 spiro atoms. The quantitative estimate of drug-likeness (QED) is 0.772. The van der Waals surface area contributed by atoms with Gasteiger partial charge in [0, 0.05) is 5.02 Å². The first-order valence-corrected chi connectivity index (χ1v) is 7.77. The molecule has 0 aliphatic carbocycles. The summed E-state index contributed by atoms with van der Waals surface area (Å²) in [7, 11) is 0. The molecule has 112 valence electrons. The number of benzene rings is 2. The van der Waals surface area contributed by atoms with Gasteiger partial charge in [-0.2, -0.15) is 0 Å². The molecule has 0 fully saturated rings. The van der Waals surface area contributed by atoms with Crippen LogP contribution in [-0.2, 0) is 13.0 Å². The van der Waals surface area contributed by atoms with E-state index in [2.05, 4.69) is 0 Å². The fourth-order valence-electron chi connectivity index (χ4n) is 1.90. The zero-order valence-electron chi connectivity index (χ0n) is 11.0. The van der Waals surface area contributed by atoms with Crippen molar-refractivity contribution in [1.82, 2.24) is 0 Å². The summed E-state index contributed by atoms with van der Waals surface area (Å²) in [6.45, 7) is 0.815. The molecule has 2 nitrogen and oxygen atoms in total. The summed E-state index contributed by atoms with van der Waals surface area (Å²) in [5, 5.41) is 2.02. The normalized spacial score (nSPS) is 10.7. The minimum absolute atomic E-state index is 0.329. The Labute approximate surface area is 143 Å². The van der Waals surface area contributed by atoms with Crippen LogP contribution in [-0.4, -0.2) is 6.54 Å². The van der Waals surface area contributed by atoms with Gasteiger partial charge in [0.15, 0.2) is 0 Å². The number of hydrogen-bond acceptors (Lipinski definition) is 2. The van der Waals surface area contributed by atoms with E-state index < -0.39 is 0 Å². The molecule has 0 radical (unpaired) electrons. The van der Waals surface area contributed by atoms with Crippen LogP contribution < -0.4 is 10.5 Å². The lowest BCUT2D eigenvalue weighted by molar-refractivity contribution is 0.303. The van der Waals surface area contributed by atoms with Crippen LogP contribution in [0.25, 0.3) is 0 Å². The third-order valence-electron chi connectivity index (χ3n) is 2.87. The molecule has 0 heterocycles. The molecule has 0 aromatic heterocycles. The Morgan fingerprint density at radius 2 is 1.67 bits per heavy atom. The van der Waals surface area contributed by atoms with E-state index in [1.807, 2.05) is 12.1 Å². The predicted molar refractivity (Wildman–Crippen MR) is 90.0 cm³/mol. The van der Waals surface area contributed by atoms with Crippen molar-refractivity contribution in [2.24, 2.45) is 5.73 Å². The van der Waals surface area contributed by atoms with Crippen molar-refractivity contribution < 1.29 is 4.74 Å². The van der Waals surface area contributed by atoms with Crippen LogP contribution in [0.2, 0.25) is 20.1 Å². The van der Waals surface area contributed by atoms with Crippen LogP contribution in [0.1, 0.15) is 11.1 Å². The average Bonchev–Trinajstić information content (AvgIpc) is 2.42. The first-order chi connectivity index (χ1) is 10.0. The highest BCUT2D eigenvalue weighted by Crippen LogP contribution is 2.33. The lowest BCUT2D eigenvalue weighted by atomic mass is 10.1. The second kappa shape index (κ2) is 7.57. The number of nitrogens with two attached hydrogens (primary N) is 1. The first-order valence-electron chi connectivity index (χ1n) is 6.26. The van der Waals surface area contributed by atoms with Gasteiger partial charge in [-0.1, -0.05) is 52.5 Å². The smallest absolute Gasteiger partial charge is 0.141 e. The van der Waals surface area contributed by atoms with E-state index in [1.165, 1.54) is 0 Å². The lowest BCUT2D eigenvalue weighted by Gasteiger charge is -2.14. The second-order valence-corrected chi connectivity index (χ2v) is 6.11. The molecule has 2 aromatic carbocycles. The Morgan fingerprint density at radius 3 is 2.33 bits per heavy atom. The van der Waals surface area contributed by atoms with Crippen molar-refractivity contribution in [2.75, 3.05) is 6.54 Å². The van der Waals surface area contributed by atoms with Crippen LogP contribution in [0.4, 0.5) is 0 Å². The van der Waals surface area contributed by atoms with Crippen molar-refractivity contribution in [3.05, 3.63) is 61.5 Å². The summed E-state index contributed by atoms with van der Waals surface area (Å²) >= 11 is 24.1. The second-order valence-electron chi connectivity index (χ2n) is 4.45. The number of ether oxygens (including phenoxy) is 1. The van der Waals surface area contributed by atoms with E-state index in [0.717, 1.165) is 11.1 Å². The highest BCUT2D eigenvalue weighted by molar-refractivity contribution is 6.42. The minimum Gasteiger partial charge on any atom is -0.487 e. The summed E-state index contributed by atoms with van der Waals surface area (Å²) < 4.78 is 5.81. The zero-order chi connectivity index (χ0) is 15.4. The van der Waals surface area contributed by atoms with E-state index in [-0.39, 0.29) is 0 Å². The van der Waals surface area contributed by atoms with Gasteiger partial charge in [0.25, 0.3) is 0 Å². The average molecular weight is 365 g/mol. The maximum atomic E-state index is 6.20. The molecule has 0 amide bonds. The van der Waals surface area contributed by atoms with Crippen LogP contribution >= 0.6 is 46.4 Å². The van der Waals surface area contributed by atoms with Gasteiger partial charge >= 0.3 is 0 Å². The Balaban J connectivity index is 2.20. The first kappa shape index (κ1) is 16.7. The third kappa shape index (κ3) is 4.41. The Bertz CT molecular complexity index is 646. The van der Waals surface area contributed by atoms with E-state index in [0.29, 0.717) is 45.4 Å². The molecule has 21 heavy (non-hydrogen) atoms. The van der Waals surface area contributed by atoms with E-state index in [1.54, 1.807) is 18.2 Å². The molecule has 0 aliphatic rings. The third-order valence-corrected chi connectivity index (χ3v) is 4.10. The molecule has 0 atom stereocenters. The Hall–Kier alpha value is -0.640. The molecule has 0 aliphatic heterocycles. The van der Waals surface area contributed by atoms with Crippen LogP contribution in [0, 0.1) is 0 Å². The topological polar surface area (TPSA) is 35.2 Å². The zero-order valence-corrected chi connectivity index (χ0v) is 14.0. The monoisotopic (exact) mass is 363 g/mol. The Kier molecular flexibility index (Phi) is 6.03. The summed E-state index contributed by atoms with van der Waals surface area (Å²) in [5.74, 6) is 0.595. The van der Waals surface area contributed by atoms with Crippen LogP contribution in [0.15, 0.2) is 30.3 Å². The molecule has 2 aromatic rings. The highest BCUT2D eigenvalue weighted by Gasteiger charge is 2.11. The summed E-state index contributed by atoms with van der Waals surface area (Å²) in [6.07, 6.45) is 0.636. The number of rotatable bonds is 5. The predicted octanol–water partition coefficient (Wildman–Crippen LogP) is 5.38. The van der Waals surface area contributed by atoms with Gasteiger partial charge in [-0.3, -0.25) is 0 Å². The molecule has 6 heteroatoms. The number of halogens is 4. The van der Waals surface area contributed by atoms with Crippen molar-refractivity contribution >= 4 is 46.4 Å². The lowest BCUT2D eigenvalue weighted by Crippen LogP contribution is -2.06. The molecule has 0 saturated carbocycles.